The van der Waals surface area contributed by atoms with E-state index < -0.39 is 0 Å². The Morgan fingerprint density at radius 2 is 1.90 bits per heavy atom. The molecule has 2 nitrogen and oxygen atoms in total. The Balaban J connectivity index is 2.50. The molecule has 0 bridgehead atoms. The minimum Gasteiger partial charge on any atom is -0.507 e. The highest BCUT2D eigenvalue weighted by molar-refractivity contribution is 7.56. The minimum atomic E-state index is 0.370. The summed E-state index contributed by atoms with van der Waals surface area (Å²) in [5, 5.41) is 12.3. The SMILES string of the molecule is C/N=C(\C)c1cccc(C)c1Pc1cc(C)ccc1O. The molecular weight excluding hydrogens is 265 g/mol. The number of rotatable bonds is 3. The lowest BCUT2D eigenvalue weighted by Gasteiger charge is -2.14. The topological polar surface area (TPSA) is 32.6 Å². The van der Waals surface area contributed by atoms with Crippen LogP contribution >= 0.6 is 8.58 Å². The number of phenols is 1. The van der Waals surface area contributed by atoms with Crippen LogP contribution in [0.5, 0.6) is 5.75 Å². The maximum absolute atomic E-state index is 10.1. The molecule has 1 unspecified atom stereocenters. The molecule has 0 saturated heterocycles. The van der Waals surface area contributed by atoms with E-state index in [0.29, 0.717) is 14.3 Å². The average Bonchev–Trinajstić information content (AvgIpc) is 2.44. The first-order chi connectivity index (χ1) is 9.52. The first kappa shape index (κ1) is 14.7. The third-order valence-corrected chi connectivity index (χ3v) is 4.99. The number of hydrogen-bond donors (Lipinski definition) is 1. The van der Waals surface area contributed by atoms with Crippen molar-refractivity contribution in [1.29, 1.82) is 0 Å². The van der Waals surface area contributed by atoms with Gasteiger partial charge in [-0.05, 0) is 43.8 Å². The van der Waals surface area contributed by atoms with Crippen LogP contribution in [-0.4, -0.2) is 17.9 Å². The molecule has 0 aliphatic carbocycles. The molecule has 0 heterocycles. The highest BCUT2D eigenvalue weighted by Gasteiger charge is 2.11. The fraction of sp³-hybridized carbons (Fsp3) is 0.235. The second kappa shape index (κ2) is 6.19. The largest absolute Gasteiger partial charge is 0.507 e. The predicted octanol–water partition coefficient (Wildman–Crippen LogP) is 3.08. The van der Waals surface area contributed by atoms with Crippen molar-refractivity contribution in [3.8, 4) is 5.75 Å². The van der Waals surface area contributed by atoms with Gasteiger partial charge >= 0.3 is 0 Å². The maximum atomic E-state index is 10.1. The van der Waals surface area contributed by atoms with Crippen LogP contribution in [0, 0.1) is 13.8 Å². The zero-order chi connectivity index (χ0) is 14.7. The fourth-order valence-corrected chi connectivity index (χ4v) is 3.60. The summed E-state index contributed by atoms with van der Waals surface area (Å²) in [5.74, 6) is 0.370. The molecule has 2 aromatic rings. The quantitative estimate of drug-likeness (QED) is 0.682. The van der Waals surface area contributed by atoms with Gasteiger partial charge in [0.15, 0.2) is 0 Å². The van der Waals surface area contributed by atoms with Gasteiger partial charge in [-0.3, -0.25) is 4.99 Å². The molecule has 1 atom stereocenters. The van der Waals surface area contributed by atoms with E-state index in [2.05, 4.69) is 36.2 Å². The van der Waals surface area contributed by atoms with Gasteiger partial charge in [-0.2, -0.15) is 0 Å². The molecule has 20 heavy (non-hydrogen) atoms. The number of aryl methyl sites for hydroxylation is 2. The molecule has 104 valence electrons. The van der Waals surface area contributed by atoms with Gasteiger partial charge in [0.1, 0.15) is 5.75 Å². The fourth-order valence-electron chi connectivity index (χ4n) is 2.14. The number of aliphatic imine (C=N–C) groups is 1. The van der Waals surface area contributed by atoms with E-state index >= 15 is 0 Å². The molecule has 0 saturated carbocycles. The van der Waals surface area contributed by atoms with Crippen LogP contribution in [0.4, 0.5) is 0 Å². The number of hydrogen-bond acceptors (Lipinski definition) is 2. The lowest BCUT2D eigenvalue weighted by atomic mass is 10.1. The Labute approximate surface area is 122 Å². The van der Waals surface area contributed by atoms with Crippen LogP contribution in [0.25, 0.3) is 0 Å². The molecule has 3 heteroatoms. The molecule has 0 aromatic heterocycles. The molecule has 0 radical (unpaired) electrons. The van der Waals surface area contributed by atoms with E-state index in [4.69, 9.17) is 0 Å². The summed E-state index contributed by atoms with van der Waals surface area (Å²) < 4.78 is 0. The van der Waals surface area contributed by atoms with Gasteiger partial charge in [-0.25, -0.2) is 0 Å². The van der Waals surface area contributed by atoms with Gasteiger partial charge in [0, 0.05) is 23.6 Å². The maximum Gasteiger partial charge on any atom is 0.123 e. The highest BCUT2D eigenvalue weighted by Crippen LogP contribution is 2.23. The van der Waals surface area contributed by atoms with Crippen molar-refractivity contribution < 1.29 is 5.11 Å². The first-order valence-electron chi connectivity index (χ1n) is 6.63. The summed E-state index contributed by atoms with van der Waals surface area (Å²) >= 11 is 0. The first-order valence-corrected chi connectivity index (χ1v) is 7.63. The Kier molecular flexibility index (Phi) is 4.57. The molecule has 0 spiro atoms. The lowest BCUT2D eigenvalue weighted by Crippen LogP contribution is -2.16. The third-order valence-electron chi connectivity index (χ3n) is 3.41. The van der Waals surface area contributed by atoms with Gasteiger partial charge in [0.05, 0.1) is 0 Å². The van der Waals surface area contributed by atoms with Crippen molar-refractivity contribution in [2.24, 2.45) is 4.99 Å². The average molecular weight is 285 g/mol. The Morgan fingerprint density at radius 3 is 2.60 bits per heavy atom. The van der Waals surface area contributed by atoms with Crippen molar-refractivity contribution in [2.45, 2.75) is 20.8 Å². The number of nitrogens with zero attached hydrogens (tertiary/aromatic N) is 1. The van der Waals surface area contributed by atoms with E-state index in [9.17, 15) is 5.11 Å². The monoisotopic (exact) mass is 285 g/mol. The van der Waals surface area contributed by atoms with E-state index in [1.54, 1.807) is 6.07 Å². The lowest BCUT2D eigenvalue weighted by molar-refractivity contribution is 0.479. The van der Waals surface area contributed by atoms with Crippen molar-refractivity contribution >= 4 is 24.9 Å². The number of benzene rings is 2. The summed E-state index contributed by atoms with van der Waals surface area (Å²) in [6.45, 7) is 6.19. The van der Waals surface area contributed by atoms with Crippen LogP contribution in [-0.2, 0) is 0 Å². The predicted molar refractivity (Wildman–Crippen MR) is 89.7 cm³/mol. The standard InChI is InChI=1S/C17H20NOP/c1-11-8-9-15(19)16(10-11)20-17-12(2)6-5-7-14(17)13(3)18-4/h5-10,19-20H,1-4H3/b18-13+. The Hall–Kier alpha value is -1.66. The highest BCUT2D eigenvalue weighted by atomic mass is 31.1. The summed E-state index contributed by atoms with van der Waals surface area (Å²) in [7, 11) is 2.25. The minimum absolute atomic E-state index is 0.370. The van der Waals surface area contributed by atoms with Crippen molar-refractivity contribution in [3.05, 3.63) is 53.1 Å². The summed E-state index contributed by atoms with van der Waals surface area (Å²) in [6, 6.07) is 12.0. The van der Waals surface area contributed by atoms with E-state index in [0.717, 1.165) is 11.0 Å². The van der Waals surface area contributed by atoms with Gasteiger partial charge in [0.25, 0.3) is 0 Å². The van der Waals surface area contributed by atoms with Crippen molar-refractivity contribution in [1.82, 2.24) is 0 Å². The molecular formula is C17H20NOP. The number of phenolic OH excluding ortho intramolecular Hbond substituents is 1. The Bertz CT molecular complexity index is 662. The number of aromatic hydroxyl groups is 1. The Morgan fingerprint density at radius 1 is 1.15 bits per heavy atom. The zero-order valence-electron chi connectivity index (χ0n) is 12.4. The molecule has 2 aromatic carbocycles. The molecule has 0 amide bonds. The van der Waals surface area contributed by atoms with Gasteiger partial charge in [0.2, 0.25) is 0 Å². The van der Waals surface area contributed by atoms with Crippen LogP contribution in [0.2, 0.25) is 0 Å². The van der Waals surface area contributed by atoms with Gasteiger partial charge < -0.3 is 5.11 Å². The second-order valence-electron chi connectivity index (χ2n) is 4.95. The smallest absolute Gasteiger partial charge is 0.123 e. The van der Waals surface area contributed by atoms with Crippen LogP contribution < -0.4 is 10.6 Å². The van der Waals surface area contributed by atoms with Gasteiger partial charge in [-0.1, -0.05) is 38.4 Å². The molecule has 0 aliphatic rings. The molecule has 0 fully saturated rings. The van der Waals surface area contributed by atoms with Crippen molar-refractivity contribution in [2.75, 3.05) is 7.05 Å². The van der Waals surface area contributed by atoms with E-state index in [1.807, 2.05) is 27.0 Å². The van der Waals surface area contributed by atoms with E-state index in [-0.39, 0.29) is 0 Å². The van der Waals surface area contributed by atoms with Crippen LogP contribution in [0.3, 0.4) is 0 Å². The van der Waals surface area contributed by atoms with Gasteiger partial charge in [-0.15, -0.1) is 0 Å². The molecule has 0 aliphatic heterocycles. The summed E-state index contributed by atoms with van der Waals surface area (Å²) in [4.78, 5) is 4.30. The second-order valence-corrected chi connectivity index (χ2v) is 6.24. The van der Waals surface area contributed by atoms with Crippen LogP contribution in [0.1, 0.15) is 23.6 Å². The van der Waals surface area contributed by atoms with Crippen LogP contribution in [0.15, 0.2) is 41.4 Å². The van der Waals surface area contributed by atoms with Crippen molar-refractivity contribution in [3.63, 3.8) is 0 Å². The molecule has 1 N–H and O–H groups in total. The van der Waals surface area contributed by atoms with E-state index in [1.165, 1.54) is 22.0 Å². The third kappa shape index (κ3) is 3.08. The normalized spacial score (nSPS) is 12.3. The summed E-state index contributed by atoms with van der Waals surface area (Å²) in [5.41, 5.74) is 4.61. The summed E-state index contributed by atoms with van der Waals surface area (Å²) in [6.07, 6.45) is 0. The zero-order valence-corrected chi connectivity index (χ0v) is 13.4. The molecule has 2 rings (SSSR count).